The molecule has 31 heavy (non-hydrogen) atoms. The summed E-state index contributed by atoms with van der Waals surface area (Å²) in [5, 5.41) is 9.31. The molecule has 3 aliphatic rings. The van der Waals surface area contributed by atoms with Crippen molar-refractivity contribution in [3.8, 4) is 11.5 Å². The lowest BCUT2D eigenvalue weighted by molar-refractivity contribution is -0.148. The fourth-order valence-electron chi connectivity index (χ4n) is 4.71. The Bertz CT molecular complexity index is 983. The Morgan fingerprint density at radius 1 is 1.23 bits per heavy atom. The molecule has 0 aliphatic carbocycles. The molecule has 164 valence electrons. The number of benzene rings is 1. The zero-order valence-corrected chi connectivity index (χ0v) is 18.7. The quantitative estimate of drug-likeness (QED) is 0.692. The summed E-state index contributed by atoms with van der Waals surface area (Å²) in [7, 11) is 0. The smallest absolute Gasteiger partial charge is 0.409 e. The maximum atomic E-state index is 12.2. The fraction of sp³-hybridized carbons (Fsp3) is 0.478. The van der Waals surface area contributed by atoms with E-state index in [0.29, 0.717) is 39.1 Å². The molecule has 1 spiro atoms. The Morgan fingerprint density at radius 2 is 2.06 bits per heavy atom. The number of rotatable bonds is 4. The number of piperidine rings is 1. The van der Waals surface area contributed by atoms with Gasteiger partial charge in [0.2, 0.25) is 5.72 Å². The van der Waals surface area contributed by atoms with Crippen LogP contribution in [0.15, 0.2) is 40.8 Å². The molecule has 5 rings (SSSR count). The van der Waals surface area contributed by atoms with Crippen LogP contribution >= 0.6 is 11.3 Å². The van der Waals surface area contributed by atoms with Crippen LogP contribution in [0.5, 0.6) is 11.5 Å². The zero-order valence-electron chi connectivity index (χ0n) is 17.9. The molecule has 7 nitrogen and oxygen atoms in total. The standard InChI is InChI=1S/C23H27N3O4S/c1-3-28-19-8-5-7-16-18-15-17(20-9-6-14-31-20)24-26(18)23(30-21(16)19)10-12-25(13-11-23)22(27)29-4-2/h5-9,14,18H,3-4,10-13,15H2,1-2H3/t18-/m1/s1. The van der Waals surface area contributed by atoms with Crippen LogP contribution in [0.2, 0.25) is 0 Å². The van der Waals surface area contributed by atoms with E-state index in [1.165, 1.54) is 4.88 Å². The van der Waals surface area contributed by atoms with Crippen molar-refractivity contribution in [1.29, 1.82) is 0 Å². The minimum Gasteiger partial charge on any atom is -0.490 e. The van der Waals surface area contributed by atoms with Gasteiger partial charge in [-0.2, -0.15) is 5.10 Å². The van der Waals surface area contributed by atoms with Crippen LogP contribution in [0, 0.1) is 0 Å². The van der Waals surface area contributed by atoms with Crippen LogP contribution in [-0.2, 0) is 4.74 Å². The number of hydrazone groups is 1. The first-order valence-electron chi connectivity index (χ1n) is 10.9. The van der Waals surface area contributed by atoms with Gasteiger partial charge < -0.3 is 19.1 Å². The Morgan fingerprint density at radius 3 is 2.77 bits per heavy atom. The van der Waals surface area contributed by atoms with Crippen LogP contribution in [-0.4, -0.2) is 53.7 Å². The van der Waals surface area contributed by atoms with Gasteiger partial charge >= 0.3 is 6.09 Å². The van der Waals surface area contributed by atoms with Gasteiger partial charge in [-0.3, -0.25) is 0 Å². The molecule has 4 heterocycles. The van der Waals surface area contributed by atoms with E-state index < -0.39 is 5.72 Å². The van der Waals surface area contributed by atoms with Gasteiger partial charge in [-0.25, -0.2) is 9.80 Å². The van der Waals surface area contributed by atoms with E-state index in [1.807, 2.05) is 26.0 Å². The van der Waals surface area contributed by atoms with Crippen LogP contribution in [0.25, 0.3) is 0 Å². The highest BCUT2D eigenvalue weighted by atomic mass is 32.1. The summed E-state index contributed by atoms with van der Waals surface area (Å²) < 4.78 is 17.8. The number of fused-ring (bicyclic) bond motifs is 4. The third kappa shape index (κ3) is 3.43. The topological polar surface area (TPSA) is 63.6 Å². The highest BCUT2D eigenvalue weighted by Gasteiger charge is 2.53. The predicted octanol–water partition coefficient (Wildman–Crippen LogP) is 4.64. The molecule has 3 aliphatic heterocycles. The van der Waals surface area contributed by atoms with Gasteiger partial charge in [0.05, 0.1) is 29.8 Å². The van der Waals surface area contributed by atoms with Crippen molar-refractivity contribution in [3.05, 3.63) is 46.2 Å². The van der Waals surface area contributed by atoms with E-state index in [0.717, 1.165) is 29.2 Å². The average molecular weight is 442 g/mol. The van der Waals surface area contributed by atoms with E-state index in [4.69, 9.17) is 19.3 Å². The number of thiophene rings is 1. The summed E-state index contributed by atoms with van der Waals surface area (Å²) in [6.45, 7) is 5.90. The second-order valence-electron chi connectivity index (χ2n) is 7.93. The maximum Gasteiger partial charge on any atom is 0.409 e. The highest BCUT2D eigenvalue weighted by molar-refractivity contribution is 7.12. The second kappa shape index (κ2) is 8.07. The minimum absolute atomic E-state index is 0.0930. The van der Waals surface area contributed by atoms with Gasteiger partial charge in [0.1, 0.15) is 0 Å². The molecule has 1 saturated heterocycles. The molecule has 0 radical (unpaired) electrons. The highest BCUT2D eigenvalue weighted by Crippen LogP contribution is 2.52. The molecular formula is C23H27N3O4S. The van der Waals surface area contributed by atoms with E-state index in [9.17, 15) is 4.79 Å². The Balaban J connectivity index is 1.51. The van der Waals surface area contributed by atoms with Crippen molar-refractivity contribution in [1.82, 2.24) is 9.91 Å². The molecule has 0 unspecified atom stereocenters. The third-order valence-electron chi connectivity index (χ3n) is 6.16. The van der Waals surface area contributed by atoms with Gasteiger partial charge in [-0.05, 0) is 31.4 Å². The average Bonchev–Trinajstić information content (AvgIpc) is 3.46. The van der Waals surface area contributed by atoms with Crippen LogP contribution in [0.1, 0.15) is 49.6 Å². The first-order chi connectivity index (χ1) is 15.1. The van der Waals surface area contributed by atoms with E-state index in [-0.39, 0.29) is 12.1 Å². The van der Waals surface area contributed by atoms with Crippen molar-refractivity contribution >= 4 is 23.1 Å². The minimum atomic E-state index is -0.604. The number of likely N-dealkylation sites (tertiary alicyclic amines) is 1. The monoisotopic (exact) mass is 441 g/mol. The third-order valence-corrected chi connectivity index (χ3v) is 7.08. The molecule has 0 bridgehead atoms. The van der Waals surface area contributed by atoms with Crippen LogP contribution in [0.4, 0.5) is 4.79 Å². The number of para-hydroxylation sites is 1. The van der Waals surface area contributed by atoms with Gasteiger partial charge in [0.15, 0.2) is 11.5 Å². The van der Waals surface area contributed by atoms with E-state index in [2.05, 4.69) is 28.6 Å². The Hall–Kier alpha value is -2.74. The number of carbonyl (C=O) groups excluding carboxylic acids is 1. The van der Waals surface area contributed by atoms with E-state index >= 15 is 0 Å². The molecule has 8 heteroatoms. The normalized spacial score (nSPS) is 21.2. The molecule has 1 amide bonds. The number of amides is 1. The summed E-state index contributed by atoms with van der Waals surface area (Å²) in [5.41, 5.74) is 1.59. The van der Waals surface area contributed by atoms with Gasteiger partial charge in [-0.1, -0.05) is 18.2 Å². The van der Waals surface area contributed by atoms with Crippen molar-refractivity contribution in [2.75, 3.05) is 26.3 Å². The molecule has 2 aromatic rings. The summed E-state index contributed by atoms with van der Waals surface area (Å²) in [6, 6.07) is 10.4. The maximum absolute atomic E-state index is 12.2. The largest absolute Gasteiger partial charge is 0.490 e. The molecule has 0 saturated carbocycles. The summed E-state index contributed by atoms with van der Waals surface area (Å²) >= 11 is 1.71. The summed E-state index contributed by atoms with van der Waals surface area (Å²) in [5.74, 6) is 1.59. The number of hydrogen-bond acceptors (Lipinski definition) is 7. The molecule has 1 aromatic carbocycles. The molecule has 1 fully saturated rings. The Kier molecular flexibility index (Phi) is 5.25. The van der Waals surface area contributed by atoms with Crippen LogP contribution < -0.4 is 9.47 Å². The van der Waals surface area contributed by atoms with E-state index in [1.54, 1.807) is 16.2 Å². The Labute approximate surface area is 186 Å². The molecule has 1 atom stereocenters. The van der Waals surface area contributed by atoms with Crippen molar-refractivity contribution in [2.24, 2.45) is 5.10 Å². The van der Waals surface area contributed by atoms with Crippen molar-refractivity contribution in [2.45, 2.75) is 44.9 Å². The number of nitrogens with zero attached hydrogens (tertiary/aromatic N) is 3. The predicted molar refractivity (Wildman–Crippen MR) is 119 cm³/mol. The van der Waals surface area contributed by atoms with Gasteiger partial charge in [0.25, 0.3) is 0 Å². The molecule has 1 aromatic heterocycles. The number of ether oxygens (including phenoxy) is 3. The second-order valence-corrected chi connectivity index (χ2v) is 8.88. The lowest BCUT2D eigenvalue weighted by Crippen LogP contribution is -2.59. The zero-order chi connectivity index (χ0) is 21.4. The van der Waals surface area contributed by atoms with Crippen molar-refractivity contribution < 1.29 is 19.0 Å². The first-order valence-corrected chi connectivity index (χ1v) is 11.8. The fourth-order valence-corrected chi connectivity index (χ4v) is 5.44. The number of carbonyl (C=O) groups is 1. The first kappa shape index (κ1) is 20.2. The van der Waals surface area contributed by atoms with Gasteiger partial charge in [-0.15, -0.1) is 11.3 Å². The molecule has 0 N–H and O–H groups in total. The van der Waals surface area contributed by atoms with Crippen LogP contribution in [0.3, 0.4) is 0 Å². The molecular weight excluding hydrogens is 414 g/mol. The summed E-state index contributed by atoms with van der Waals surface area (Å²) in [6.07, 6.45) is 1.88. The summed E-state index contributed by atoms with van der Waals surface area (Å²) in [4.78, 5) is 15.2. The van der Waals surface area contributed by atoms with Gasteiger partial charge in [0, 0.05) is 37.9 Å². The lowest BCUT2D eigenvalue weighted by Gasteiger charge is -2.51. The SMILES string of the molecule is CCOC(=O)N1CCC2(CC1)Oc1c(OCC)cccc1[C@H]1CC(c3cccs3)=NN12. The lowest BCUT2D eigenvalue weighted by atomic mass is 9.91. The number of hydrogen-bond donors (Lipinski definition) is 0. The van der Waals surface area contributed by atoms with Crippen molar-refractivity contribution in [3.63, 3.8) is 0 Å².